The number of nitrogens with one attached hydrogen (secondary N) is 1. The molecular weight excluding hydrogens is 344 g/mol. The van der Waals surface area contributed by atoms with Gasteiger partial charge in [0.2, 0.25) is 5.91 Å². The molecule has 0 aliphatic carbocycles. The molecule has 5 nitrogen and oxygen atoms in total. The number of hydrogen-bond acceptors (Lipinski definition) is 5. The van der Waals surface area contributed by atoms with Crippen LogP contribution in [0.1, 0.15) is 11.3 Å². The first-order valence-electron chi connectivity index (χ1n) is 8.18. The zero-order valence-electron chi connectivity index (χ0n) is 14.1. The highest BCUT2D eigenvalue weighted by molar-refractivity contribution is 7.07. The number of aryl methyl sites for hydroxylation is 1. The molecule has 1 amide bonds. The van der Waals surface area contributed by atoms with Gasteiger partial charge in [0.15, 0.2) is 0 Å². The van der Waals surface area contributed by atoms with Gasteiger partial charge in [-0.2, -0.15) is 0 Å². The van der Waals surface area contributed by atoms with Crippen LogP contribution in [0.15, 0.2) is 59.7 Å². The minimum absolute atomic E-state index is 0.104. The maximum Gasteiger partial charge on any atom is 0.230 e. The van der Waals surface area contributed by atoms with Gasteiger partial charge in [0.1, 0.15) is 0 Å². The van der Waals surface area contributed by atoms with Crippen molar-refractivity contribution in [2.24, 2.45) is 0 Å². The third-order valence-corrected chi connectivity index (χ3v) is 4.63. The molecule has 1 aromatic carbocycles. The number of thiazole rings is 1. The quantitative estimate of drug-likeness (QED) is 0.591. The molecule has 26 heavy (non-hydrogen) atoms. The minimum Gasteiger partial charge on any atom is -0.324 e. The van der Waals surface area contributed by atoms with E-state index >= 15 is 0 Å². The molecule has 4 aromatic rings. The Hall–Kier alpha value is -3.12. The van der Waals surface area contributed by atoms with E-state index < -0.39 is 0 Å². The summed E-state index contributed by atoms with van der Waals surface area (Å²) in [7, 11) is 0. The number of aromatic nitrogens is 3. The van der Waals surface area contributed by atoms with Crippen LogP contribution < -0.4 is 5.32 Å². The zero-order valence-corrected chi connectivity index (χ0v) is 15.0. The van der Waals surface area contributed by atoms with Crippen molar-refractivity contribution in [2.75, 3.05) is 5.32 Å². The van der Waals surface area contributed by atoms with Gasteiger partial charge in [0.05, 0.1) is 34.5 Å². The average molecular weight is 360 g/mol. The number of benzene rings is 1. The summed E-state index contributed by atoms with van der Waals surface area (Å²) < 4.78 is 0. The molecule has 0 spiro atoms. The predicted molar refractivity (Wildman–Crippen MR) is 104 cm³/mol. The summed E-state index contributed by atoms with van der Waals surface area (Å²) in [6.45, 7) is 2.00. The maximum absolute atomic E-state index is 12.3. The van der Waals surface area contributed by atoms with Crippen molar-refractivity contribution in [3.8, 4) is 11.3 Å². The number of anilines is 1. The van der Waals surface area contributed by atoms with Crippen molar-refractivity contribution in [3.05, 3.63) is 70.9 Å². The zero-order chi connectivity index (χ0) is 17.9. The summed E-state index contributed by atoms with van der Waals surface area (Å²) in [5.74, 6) is -0.104. The fourth-order valence-electron chi connectivity index (χ4n) is 2.79. The van der Waals surface area contributed by atoms with Crippen LogP contribution in [0, 0.1) is 6.92 Å². The SMILES string of the molecule is Cc1cncc(-c2ccc3cccc(NC(=O)Cc4cscn4)c3n2)c1. The highest BCUT2D eigenvalue weighted by Crippen LogP contribution is 2.26. The van der Waals surface area contributed by atoms with Crippen LogP contribution in [0.2, 0.25) is 0 Å². The van der Waals surface area contributed by atoms with E-state index in [1.807, 2.05) is 54.9 Å². The monoisotopic (exact) mass is 360 g/mol. The first kappa shape index (κ1) is 16.4. The number of para-hydroxylation sites is 1. The number of nitrogens with zero attached hydrogens (tertiary/aromatic N) is 3. The number of carbonyl (C=O) groups is 1. The Labute approximate surface area is 154 Å². The van der Waals surface area contributed by atoms with Crippen LogP contribution in [0.5, 0.6) is 0 Å². The van der Waals surface area contributed by atoms with Crippen LogP contribution in [-0.2, 0) is 11.2 Å². The molecule has 0 saturated heterocycles. The van der Waals surface area contributed by atoms with Crippen molar-refractivity contribution in [2.45, 2.75) is 13.3 Å². The summed E-state index contributed by atoms with van der Waals surface area (Å²) in [5.41, 5.74) is 6.82. The third kappa shape index (κ3) is 3.45. The van der Waals surface area contributed by atoms with E-state index in [4.69, 9.17) is 4.98 Å². The van der Waals surface area contributed by atoms with Gasteiger partial charge in [-0.25, -0.2) is 9.97 Å². The van der Waals surface area contributed by atoms with E-state index in [1.54, 1.807) is 11.7 Å². The largest absolute Gasteiger partial charge is 0.324 e. The Bertz CT molecular complexity index is 1080. The fraction of sp³-hybridized carbons (Fsp3) is 0.100. The van der Waals surface area contributed by atoms with Gasteiger partial charge in [-0.05, 0) is 30.7 Å². The molecule has 3 aromatic heterocycles. The molecular formula is C20H16N4OS. The Morgan fingerprint density at radius 3 is 2.92 bits per heavy atom. The van der Waals surface area contributed by atoms with Crippen LogP contribution in [-0.4, -0.2) is 20.9 Å². The second-order valence-electron chi connectivity index (χ2n) is 6.03. The summed E-state index contributed by atoms with van der Waals surface area (Å²) in [6.07, 6.45) is 3.86. The molecule has 0 atom stereocenters. The van der Waals surface area contributed by atoms with Gasteiger partial charge < -0.3 is 5.32 Å². The molecule has 0 bridgehead atoms. The van der Waals surface area contributed by atoms with E-state index in [0.29, 0.717) is 5.69 Å². The molecule has 4 rings (SSSR count). The van der Waals surface area contributed by atoms with Gasteiger partial charge in [-0.15, -0.1) is 11.3 Å². The smallest absolute Gasteiger partial charge is 0.230 e. The Morgan fingerprint density at radius 1 is 1.19 bits per heavy atom. The molecule has 0 unspecified atom stereocenters. The molecule has 0 aliphatic heterocycles. The summed E-state index contributed by atoms with van der Waals surface area (Å²) in [5, 5.41) is 5.81. The third-order valence-electron chi connectivity index (χ3n) is 3.99. The second-order valence-corrected chi connectivity index (χ2v) is 6.75. The summed E-state index contributed by atoms with van der Waals surface area (Å²) in [4.78, 5) is 25.5. The van der Waals surface area contributed by atoms with E-state index in [-0.39, 0.29) is 12.3 Å². The van der Waals surface area contributed by atoms with Crippen molar-refractivity contribution in [3.63, 3.8) is 0 Å². The van der Waals surface area contributed by atoms with Crippen molar-refractivity contribution < 1.29 is 4.79 Å². The molecule has 0 aliphatic rings. The van der Waals surface area contributed by atoms with Crippen LogP contribution in [0.3, 0.4) is 0 Å². The van der Waals surface area contributed by atoms with Crippen LogP contribution in [0.25, 0.3) is 22.2 Å². The lowest BCUT2D eigenvalue weighted by Gasteiger charge is -2.09. The number of carbonyl (C=O) groups excluding carboxylic acids is 1. The number of rotatable bonds is 4. The molecule has 0 radical (unpaired) electrons. The molecule has 1 N–H and O–H groups in total. The Kier molecular flexibility index (Phi) is 4.41. The van der Waals surface area contributed by atoms with Crippen molar-refractivity contribution in [1.82, 2.24) is 15.0 Å². The van der Waals surface area contributed by atoms with Crippen LogP contribution >= 0.6 is 11.3 Å². The summed E-state index contributed by atoms with van der Waals surface area (Å²) >= 11 is 1.48. The number of pyridine rings is 2. The van der Waals surface area contributed by atoms with E-state index in [0.717, 1.165) is 33.4 Å². The van der Waals surface area contributed by atoms with Gasteiger partial charge in [-0.1, -0.05) is 18.2 Å². The topological polar surface area (TPSA) is 67.8 Å². The van der Waals surface area contributed by atoms with Gasteiger partial charge >= 0.3 is 0 Å². The number of amides is 1. The molecule has 128 valence electrons. The number of fused-ring (bicyclic) bond motifs is 1. The normalized spacial score (nSPS) is 10.8. The predicted octanol–water partition coefficient (Wildman–Crippen LogP) is 4.24. The van der Waals surface area contributed by atoms with Gasteiger partial charge in [-0.3, -0.25) is 9.78 Å². The Morgan fingerprint density at radius 2 is 2.12 bits per heavy atom. The fourth-order valence-corrected chi connectivity index (χ4v) is 3.35. The maximum atomic E-state index is 12.3. The second kappa shape index (κ2) is 7.01. The average Bonchev–Trinajstić information content (AvgIpc) is 3.14. The van der Waals surface area contributed by atoms with E-state index in [9.17, 15) is 4.79 Å². The Balaban J connectivity index is 1.68. The molecule has 6 heteroatoms. The molecule has 0 fully saturated rings. The van der Waals surface area contributed by atoms with Crippen molar-refractivity contribution >= 4 is 33.8 Å². The lowest BCUT2D eigenvalue weighted by Crippen LogP contribution is -2.15. The van der Waals surface area contributed by atoms with Gasteiger partial charge in [0, 0.05) is 28.7 Å². The van der Waals surface area contributed by atoms with Crippen molar-refractivity contribution in [1.29, 1.82) is 0 Å². The number of hydrogen-bond donors (Lipinski definition) is 1. The first-order valence-corrected chi connectivity index (χ1v) is 9.12. The van der Waals surface area contributed by atoms with Crippen LogP contribution in [0.4, 0.5) is 5.69 Å². The lowest BCUT2D eigenvalue weighted by atomic mass is 10.1. The molecule has 3 heterocycles. The molecule has 0 saturated carbocycles. The minimum atomic E-state index is -0.104. The standard InChI is InChI=1S/C20H16N4OS/c1-13-7-15(10-21-9-13)17-6-5-14-3-2-4-18(20(14)24-17)23-19(25)8-16-11-26-12-22-16/h2-7,9-12H,8H2,1H3,(H,23,25). The van der Waals surface area contributed by atoms with E-state index in [1.165, 1.54) is 11.3 Å². The highest BCUT2D eigenvalue weighted by atomic mass is 32.1. The van der Waals surface area contributed by atoms with E-state index in [2.05, 4.69) is 15.3 Å². The highest BCUT2D eigenvalue weighted by Gasteiger charge is 2.10. The lowest BCUT2D eigenvalue weighted by molar-refractivity contribution is -0.115. The first-order chi connectivity index (χ1) is 12.7. The van der Waals surface area contributed by atoms with Gasteiger partial charge in [0.25, 0.3) is 0 Å². The summed E-state index contributed by atoms with van der Waals surface area (Å²) in [6, 6.07) is 11.8.